The van der Waals surface area contributed by atoms with Crippen molar-refractivity contribution in [1.82, 2.24) is 4.90 Å². The van der Waals surface area contributed by atoms with Gasteiger partial charge in [-0.15, -0.1) is 0 Å². The van der Waals surface area contributed by atoms with Crippen LogP contribution in [0.15, 0.2) is 0 Å². The number of hydrogen-bond acceptors (Lipinski definition) is 2. The fraction of sp³-hybridized carbons (Fsp3) is 0.917. The summed E-state index contributed by atoms with van der Waals surface area (Å²) in [6.45, 7) is 6.29. The van der Waals surface area contributed by atoms with Gasteiger partial charge in [-0.1, -0.05) is 13.8 Å². The SMILES string of the molecule is CC(C)CCC(=O)N1CCC(CCO)C1. The van der Waals surface area contributed by atoms with Gasteiger partial charge in [0.2, 0.25) is 5.91 Å². The predicted octanol–water partition coefficient (Wildman–Crippen LogP) is 1.65. The number of carbonyl (C=O) groups excluding carboxylic acids is 1. The van der Waals surface area contributed by atoms with Gasteiger partial charge >= 0.3 is 0 Å². The average Bonchev–Trinajstić information content (AvgIpc) is 2.63. The average molecular weight is 213 g/mol. The Bertz CT molecular complexity index is 204. The minimum Gasteiger partial charge on any atom is -0.396 e. The molecule has 1 rings (SSSR count). The second-order valence-electron chi connectivity index (χ2n) is 4.94. The lowest BCUT2D eigenvalue weighted by Crippen LogP contribution is -2.28. The molecule has 1 aliphatic heterocycles. The maximum atomic E-state index is 11.8. The highest BCUT2D eigenvalue weighted by Gasteiger charge is 2.25. The number of likely N-dealkylation sites (tertiary alicyclic amines) is 1. The Hall–Kier alpha value is -0.570. The highest BCUT2D eigenvalue weighted by Crippen LogP contribution is 2.20. The van der Waals surface area contributed by atoms with Gasteiger partial charge in [0.25, 0.3) is 0 Å². The van der Waals surface area contributed by atoms with Gasteiger partial charge in [-0.2, -0.15) is 0 Å². The number of rotatable bonds is 5. The van der Waals surface area contributed by atoms with Gasteiger partial charge in [0.05, 0.1) is 0 Å². The molecule has 3 heteroatoms. The molecular weight excluding hydrogens is 190 g/mol. The Labute approximate surface area is 92.5 Å². The molecule has 1 N–H and O–H groups in total. The summed E-state index contributed by atoms with van der Waals surface area (Å²) >= 11 is 0. The minimum atomic E-state index is 0.249. The Morgan fingerprint density at radius 3 is 2.87 bits per heavy atom. The van der Waals surface area contributed by atoms with Crippen LogP contribution >= 0.6 is 0 Å². The summed E-state index contributed by atoms with van der Waals surface area (Å²) in [7, 11) is 0. The molecule has 15 heavy (non-hydrogen) atoms. The first kappa shape index (κ1) is 12.5. The molecule has 1 amide bonds. The summed E-state index contributed by atoms with van der Waals surface area (Å²) in [4.78, 5) is 13.7. The molecule has 0 bridgehead atoms. The van der Waals surface area contributed by atoms with E-state index in [1.807, 2.05) is 4.90 Å². The smallest absolute Gasteiger partial charge is 0.222 e. The van der Waals surface area contributed by atoms with E-state index in [1.165, 1.54) is 0 Å². The van der Waals surface area contributed by atoms with Gasteiger partial charge in [0.1, 0.15) is 0 Å². The molecule has 0 aliphatic carbocycles. The third-order valence-corrected chi connectivity index (χ3v) is 3.11. The maximum Gasteiger partial charge on any atom is 0.222 e. The third kappa shape index (κ3) is 4.20. The molecule has 0 radical (unpaired) electrons. The summed E-state index contributed by atoms with van der Waals surface area (Å²) in [6.07, 6.45) is 3.57. The van der Waals surface area contributed by atoms with Crippen molar-refractivity contribution in [2.24, 2.45) is 11.8 Å². The van der Waals surface area contributed by atoms with Crippen LogP contribution in [-0.2, 0) is 4.79 Å². The molecule has 1 unspecified atom stereocenters. The summed E-state index contributed by atoms with van der Waals surface area (Å²) in [5, 5.41) is 8.82. The van der Waals surface area contributed by atoms with Crippen molar-refractivity contribution in [3.63, 3.8) is 0 Å². The van der Waals surface area contributed by atoms with Crippen molar-refractivity contribution >= 4 is 5.91 Å². The van der Waals surface area contributed by atoms with Crippen LogP contribution < -0.4 is 0 Å². The second kappa shape index (κ2) is 6.11. The fourth-order valence-corrected chi connectivity index (χ4v) is 2.05. The Kier molecular flexibility index (Phi) is 5.09. The van der Waals surface area contributed by atoms with Crippen molar-refractivity contribution in [2.75, 3.05) is 19.7 Å². The van der Waals surface area contributed by atoms with Crippen LogP contribution in [-0.4, -0.2) is 35.6 Å². The van der Waals surface area contributed by atoms with Crippen LogP contribution in [0, 0.1) is 11.8 Å². The van der Waals surface area contributed by atoms with E-state index in [-0.39, 0.29) is 6.61 Å². The molecule has 0 aromatic rings. The topological polar surface area (TPSA) is 40.5 Å². The Morgan fingerprint density at radius 1 is 1.53 bits per heavy atom. The van der Waals surface area contributed by atoms with Crippen LogP contribution in [0.5, 0.6) is 0 Å². The number of aliphatic hydroxyl groups is 1. The van der Waals surface area contributed by atoms with Crippen LogP contribution in [0.25, 0.3) is 0 Å². The first-order valence-corrected chi connectivity index (χ1v) is 6.02. The summed E-state index contributed by atoms with van der Waals surface area (Å²) in [5.41, 5.74) is 0. The number of amides is 1. The molecule has 1 aliphatic rings. The molecule has 1 heterocycles. The van der Waals surface area contributed by atoms with Gasteiger partial charge in [-0.25, -0.2) is 0 Å². The Morgan fingerprint density at radius 2 is 2.27 bits per heavy atom. The molecule has 0 aromatic heterocycles. The molecule has 88 valence electrons. The quantitative estimate of drug-likeness (QED) is 0.754. The zero-order chi connectivity index (χ0) is 11.3. The monoisotopic (exact) mass is 213 g/mol. The molecule has 1 atom stereocenters. The minimum absolute atomic E-state index is 0.249. The van der Waals surface area contributed by atoms with E-state index >= 15 is 0 Å². The lowest BCUT2D eigenvalue weighted by molar-refractivity contribution is -0.130. The van der Waals surface area contributed by atoms with Gasteiger partial charge in [-0.05, 0) is 31.1 Å². The Balaban J connectivity index is 2.24. The summed E-state index contributed by atoms with van der Waals surface area (Å²) in [5.74, 6) is 1.42. The number of carbonyl (C=O) groups is 1. The predicted molar refractivity (Wildman–Crippen MR) is 60.5 cm³/mol. The lowest BCUT2D eigenvalue weighted by Gasteiger charge is -2.17. The molecule has 1 fully saturated rings. The number of aliphatic hydroxyl groups excluding tert-OH is 1. The number of hydrogen-bond donors (Lipinski definition) is 1. The van der Waals surface area contributed by atoms with Gasteiger partial charge in [0, 0.05) is 26.1 Å². The summed E-state index contributed by atoms with van der Waals surface area (Å²) in [6, 6.07) is 0. The molecule has 0 saturated carbocycles. The van der Waals surface area contributed by atoms with Gasteiger partial charge in [-0.3, -0.25) is 4.79 Å². The first-order valence-electron chi connectivity index (χ1n) is 6.02. The van der Waals surface area contributed by atoms with Crippen LogP contribution in [0.4, 0.5) is 0 Å². The largest absolute Gasteiger partial charge is 0.396 e. The molecule has 0 spiro atoms. The van der Waals surface area contributed by atoms with Crippen molar-refractivity contribution in [2.45, 2.75) is 39.5 Å². The van der Waals surface area contributed by atoms with Gasteiger partial charge < -0.3 is 10.0 Å². The maximum absolute atomic E-state index is 11.8. The van der Waals surface area contributed by atoms with E-state index in [0.717, 1.165) is 32.4 Å². The van der Waals surface area contributed by atoms with Crippen LogP contribution in [0.3, 0.4) is 0 Å². The van der Waals surface area contributed by atoms with Crippen molar-refractivity contribution in [1.29, 1.82) is 0 Å². The zero-order valence-electron chi connectivity index (χ0n) is 9.91. The summed E-state index contributed by atoms with van der Waals surface area (Å²) < 4.78 is 0. The highest BCUT2D eigenvalue weighted by atomic mass is 16.3. The van der Waals surface area contributed by atoms with Crippen molar-refractivity contribution in [3.05, 3.63) is 0 Å². The van der Waals surface area contributed by atoms with Crippen molar-refractivity contribution in [3.8, 4) is 0 Å². The van der Waals surface area contributed by atoms with E-state index < -0.39 is 0 Å². The standard InChI is InChI=1S/C12H23NO2/c1-10(2)3-4-12(15)13-7-5-11(9-13)6-8-14/h10-11,14H,3-9H2,1-2H3. The van der Waals surface area contributed by atoms with E-state index in [2.05, 4.69) is 13.8 Å². The van der Waals surface area contributed by atoms with Gasteiger partial charge in [0.15, 0.2) is 0 Å². The molecule has 3 nitrogen and oxygen atoms in total. The lowest BCUT2D eigenvalue weighted by atomic mass is 10.1. The normalized spacial score (nSPS) is 21.3. The molecule has 0 aromatic carbocycles. The van der Waals surface area contributed by atoms with Crippen LogP contribution in [0.2, 0.25) is 0 Å². The molecular formula is C12H23NO2. The van der Waals surface area contributed by atoms with Crippen LogP contribution in [0.1, 0.15) is 39.5 Å². The molecule has 1 saturated heterocycles. The second-order valence-corrected chi connectivity index (χ2v) is 4.94. The number of nitrogens with zero attached hydrogens (tertiary/aromatic N) is 1. The first-order chi connectivity index (χ1) is 7.13. The zero-order valence-corrected chi connectivity index (χ0v) is 9.91. The van der Waals surface area contributed by atoms with E-state index in [4.69, 9.17) is 5.11 Å². The van der Waals surface area contributed by atoms with E-state index in [9.17, 15) is 4.79 Å². The third-order valence-electron chi connectivity index (χ3n) is 3.11. The highest BCUT2D eigenvalue weighted by molar-refractivity contribution is 5.76. The fourth-order valence-electron chi connectivity index (χ4n) is 2.05. The van der Waals surface area contributed by atoms with E-state index in [0.29, 0.717) is 24.2 Å². The van der Waals surface area contributed by atoms with E-state index in [1.54, 1.807) is 0 Å². The van der Waals surface area contributed by atoms with Crippen molar-refractivity contribution < 1.29 is 9.90 Å².